The minimum absolute atomic E-state index is 0.00130. The molecule has 1 unspecified atom stereocenters. The molecule has 0 heterocycles. The topological polar surface area (TPSA) is 57.6 Å². The number of carboxylic acid groups (broad SMARTS) is 1. The van der Waals surface area contributed by atoms with E-state index in [1.165, 1.54) is 0 Å². The molecule has 0 aromatic rings. The van der Waals surface area contributed by atoms with E-state index in [9.17, 15) is 9.59 Å². The molecule has 16 heavy (non-hydrogen) atoms. The zero-order valence-corrected chi connectivity index (χ0v) is 10.3. The molecular formula is C12H21NO3. The lowest BCUT2D eigenvalue weighted by atomic mass is 9.95. The van der Waals surface area contributed by atoms with Gasteiger partial charge in [0.15, 0.2) is 0 Å². The first-order valence-electron chi connectivity index (χ1n) is 5.95. The summed E-state index contributed by atoms with van der Waals surface area (Å²) in [4.78, 5) is 24.8. The maximum Gasteiger partial charge on any atom is 0.307 e. The SMILES string of the molecule is CCCN(C)C(=O)[C@H]1CC(C)C[C@H]1C(=O)O. The number of aliphatic carboxylic acids is 1. The van der Waals surface area contributed by atoms with Crippen LogP contribution in [0, 0.1) is 17.8 Å². The second-order valence-electron chi connectivity index (χ2n) is 4.89. The largest absolute Gasteiger partial charge is 0.481 e. The summed E-state index contributed by atoms with van der Waals surface area (Å²) in [6.45, 7) is 4.73. The van der Waals surface area contributed by atoms with E-state index in [-0.39, 0.29) is 11.8 Å². The highest BCUT2D eigenvalue weighted by atomic mass is 16.4. The van der Waals surface area contributed by atoms with Crippen molar-refractivity contribution in [3.63, 3.8) is 0 Å². The summed E-state index contributed by atoms with van der Waals surface area (Å²) in [5.74, 6) is -1.29. The quantitative estimate of drug-likeness (QED) is 0.793. The van der Waals surface area contributed by atoms with E-state index in [4.69, 9.17) is 5.11 Å². The number of hydrogen-bond acceptors (Lipinski definition) is 2. The normalized spacial score (nSPS) is 29.1. The summed E-state index contributed by atoms with van der Waals surface area (Å²) in [6.07, 6.45) is 2.25. The van der Waals surface area contributed by atoms with Gasteiger partial charge in [0.1, 0.15) is 0 Å². The van der Waals surface area contributed by atoms with Gasteiger partial charge in [0, 0.05) is 13.6 Å². The third-order valence-corrected chi connectivity index (χ3v) is 3.37. The number of carboxylic acids is 1. The van der Waals surface area contributed by atoms with E-state index in [1.807, 2.05) is 13.8 Å². The molecule has 0 radical (unpaired) electrons. The van der Waals surface area contributed by atoms with Crippen LogP contribution < -0.4 is 0 Å². The van der Waals surface area contributed by atoms with Crippen LogP contribution in [-0.4, -0.2) is 35.5 Å². The summed E-state index contributed by atoms with van der Waals surface area (Å²) < 4.78 is 0. The second kappa shape index (κ2) is 5.32. The summed E-state index contributed by atoms with van der Waals surface area (Å²) in [6, 6.07) is 0. The van der Waals surface area contributed by atoms with Crippen molar-refractivity contribution in [1.82, 2.24) is 4.90 Å². The van der Waals surface area contributed by atoms with E-state index in [2.05, 4.69) is 0 Å². The standard InChI is InChI=1S/C12H21NO3/c1-4-5-13(3)11(14)9-6-8(2)7-10(9)12(15)16/h8-10H,4-7H2,1-3H3,(H,15,16)/t8?,9-,10+/m0/s1. The van der Waals surface area contributed by atoms with E-state index in [0.717, 1.165) is 6.42 Å². The van der Waals surface area contributed by atoms with Gasteiger partial charge in [-0.15, -0.1) is 0 Å². The number of rotatable bonds is 4. The smallest absolute Gasteiger partial charge is 0.307 e. The zero-order valence-electron chi connectivity index (χ0n) is 10.3. The number of carbonyl (C=O) groups excluding carboxylic acids is 1. The molecule has 0 aliphatic heterocycles. The van der Waals surface area contributed by atoms with Crippen molar-refractivity contribution >= 4 is 11.9 Å². The lowest BCUT2D eigenvalue weighted by Crippen LogP contribution is -2.37. The first-order chi connectivity index (χ1) is 7.47. The van der Waals surface area contributed by atoms with E-state index < -0.39 is 11.9 Å². The fourth-order valence-corrected chi connectivity index (χ4v) is 2.57. The number of nitrogens with zero attached hydrogens (tertiary/aromatic N) is 1. The Morgan fingerprint density at radius 1 is 1.31 bits per heavy atom. The second-order valence-corrected chi connectivity index (χ2v) is 4.89. The molecule has 1 aliphatic rings. The van der Waals surface area contributed by atoms with Crippen molar-refractivity contribution in [3.05, 3.63) is 0 Å². The van der Waals surface area contributed by atoms with Gasteiger partial charge in [-0.25, -0.2) is 0 Å². The Hall–Kier alpha value is -1.06. The third kappa shape index (κ3) is 2.74. The molecule has 1 saturated carbocycles. The van der Waals surface area contributed by atoms with Crippen molar-refractivity contribution in [1.29, 1.82) is 0 Å². The summed E-state index contributed by atoms with van der Waals surface area (Å²) in [7, 11) is 1.76. The monoisotopic (exact) mass is 227 g/mol. The lowest BCUT2D eigenvalue weighted by molar-refractivity contribution is -0.148. The van der Waals surface area contributed by atoms with Gasteiger partial charge in [-0.3, -0.25) is 9.59 Å². The Morgan fingerprint density at radius 2 is 1.88 bits per heavy atom. The molecule has 92 valence electrons. The van der Waals surface area contributed by atoms with Crippen LogP contribution in [0.1, 0.15) is 33.1 Å². The van der Waals surface area contributed by atoms with Crippen LogP contribution >= 0.6 is 0 Å². The number of hydrogen-bond donors (Lipinski definition) is 1. The lowest BCUT2D eigenvalue weighted by Gasteiger charge is -2.22. The fourth-order valence-electron chi connectivity index (χ4n) is 2.57. The van der Waals surface area contributed by atoms with Crippen LogP contribution in [0.3, 0.4) is 0 Å². The molecule has 4 heteroatoms. The van der Waals surface area contributed by atoms with Gasteiger partial charge in [0.25, 0.3) is 0 Å². The molecule has 0 bridgehead atoms. The molecule has 1 amide bonds. The van der Waals surface area contributed by atoms with Gasteiger partial charge < -0.3 is 10.0 Å². The highest BCUT2D eigenvalue weighted by molar-refractivity contribution is 5.85. The molecule has 1 fully saturated rings. The molecule has 1 N–H and O–H groups in total. The van der Waals surface area contributed by atoms with Crippen molar-refractivity contribution in [2.75, 3.05) is 13.6 Å². The van der Waals surface area contributed by atoms with Gasteiger partial charge in [-0.2, -0.15) is 0 Å². The summed E-state index contributed by atoms with van der Waals surface area (Å²) in [5.41, 5.74) is 0. The van der Waals surface area contributed by atoms with Crippen molar-refractivity contribution < 1.29 is 14.7 Å². The molecule has 1 aliphatic carbocycles. The fraction of sp³-hybridized carbons (Fsp3) is 0.833. The first-order valence-corrected chi connectivity index (χ1v) is 5.95. The molecule has 1 rings (SSSR count). The molecular weight excluding hydrogens is 206 g/mol. The van der Waals surface area contributed by atoms with Gasteiger partial charge in [0.05, 0.1) is 11.8 Å². The van der Waals surface area contributed by atoms with Gasteiger partial charge in [-0.05, 0) is 25.2 Å². The Kier molecular flexibility index (Phi) is 4.33. The third-order valence-electron chi connectivity index (χ3n) is 3.37. The van der Waals surface area contributed by atoms with Gasteiger partial charge in [0.2, 0.25) is 5.91 Å². The molecule has 0 spiro atoms. The Labute approximate surface area is 96.6 Å². The predicted molar refractivity (Wildman–Crippen MR) is 60.9 cm³/mol. The highest BCUT2D eigenvalue weighted by Gasteiger charge is 2.42. The first kappa shape index (κ1) is 13.0. The summed E-state index contributed by atoms with van der Waals surface area (Å²) in [5, 5.41) is 9.09. The van der Waals surface area contributed by atoms with Crippen LogP contribution in [0.2, 0.25) is 0 Å². The van der Waals surface area contributed by atoms with Crippen molar-refractivity contribution in [2.45, 2.75) is 33.1 Å². The Balaban J connectivity index is 2.70. The summed E-state index contributed by atoms with van der Waals surface area (Å²) >= 11 is 0. The highest BCUT2D eigenvalue weighted by Crippen LogP contribution is 2.37. The molecule has 0 aromatic heterocycles. The molecule has 0 aromatic carbocycles. The maximum atomic E-state index is 12.1. The Morgan fingerprint density at radius 3 is 2.38 bits per heavy atom. The average Bonchev–Trinajstić information content (AvgIpc) is 2.59. The predicted octanol–water partition coefficient (Wildman–Crippen LogP) is 1.60. The van der Waals surface area contributed by atoms with E-state index in [0.29, 0.717) is 25.3 Å². The molecule has 0 saturated heterocycles. The van der Waals surface area contributed by atoms with Gasteiger partial charge >= 0.3 is 5.97 Å². The van der Waals surface area contributed by atoms with Crippen LogP contribution in [0.15, 0.2) is 0 Å². The average molecular weight is 227 g/mol. The Bertz CT molecular complexity index is 277. The van der Waals surface area contributed by atoms with Crippen molar-refractivity contribution in [3.8, 4) is 0 Å². The van der Waals surface area contributed by atoms with E-state index >= 15 is 0 Å². The molecule has 4 nitrogen and oxygen atoms in total. The minimum atomic E-state index is -0.826. The van der Waals surface area contributed by atoms with Crippen molar-refractivity contribution in [2.24, 2.45) is 17.8 Å². The maximum absolute atomic E-state index is 12.1. The van der Waals surface area contributed by atoms with Crippen LogP contribution in [0.4, 0.5) is 0 Å². The zero-order chi connectivity index (χ0) is 12.3. The number of carbonyl (C=O) groups is 2. The van der Waals surface area contributed by atoms with E-state index in [1.54, 1.807) is 11.9 Å². The van der Waals surface area contributed by atoms with Crippen LogP contribution in [-0.2, 0) is 9.59 Å². The minimum Gasteiger partial charge on any atom is -0.481 e. The number of amides is 1. The van der Waals surface area contributed by atoms with Gasteiger partial charge in [-0.1, -0.05) is 13.8 Å². The van der Waals surface area contributed by atoms with Crippen LogP contribution in [0.5, 0.6) is 0 Å². The molecule has 3 atom stereocenters. The van der Waals surface area contributed by atoms with Crippen LogP contribution in [0.25, 0.3) is 0 Å².